The van der Waals surface area contributed by atoms with E-state index in [1.54, 1.807) is 30.0 Å². The largest absolute Gasteiger partial charge is 0.479 e. The van der Waals surface area contributed by atoms with Gasteiger partial charge in [0.1, 0.15) is 5.75 Å². The Morgan fingerprint density at radius 2 is 1.52 bits per heavy atom. The monoisotopic (exact) mass is 444 g/mol. The highest BCUT2D eigenvalue weighted by molar-refractivity contribution is 7.80. The predicted octanol–water partition coefficient (Wildman–Crippen LogP) is 6.00. The van der Waals surface area contributed by atoms with Crippen LogP contribution in [0.15, 0.2) is 78.9 Å². The molecule has 148 valence electrons. The molecule has 0 saturated heterocycles. The number of nitrogens with one attached hydrogen (secondary N) is 1. The van der Waals surface area contributed by atoms with Gasteiger partial charge in [0, 0.05) is 16.4 Å². The number of nitrogens with zero attached hydrogens (tertiary/aromatic N) is 1. The fraction of sp³-hybridized carbons (Fsp3) is 0.0909. The number of rotatable bonds is 5. The second kappa shape index (κ2) is 9.74. The normalized spacial score (nSPS) is 11.4. The Labute approximate surface area is 185 Å². The van der Waals surface area contributed by atoms with Gasteiger partial charge in [-0.1, -0.05) is 59.6 Å². The lowest BCUT2D eigenvalue weighted by Crippen LogP contribution is -2.45. The number of halogens is 2. The van der Waals surface area contributed by atoms with Crippen LogP contribution in [0.2, 0.25) is 10.0 Å². The van der Waals surface area contributed by atoms with Gasteiger partial charge in [-0.2, -0.15) is 0 Å². The molecule has 1 unspecified atom stereocenters. The van der Waals surface area contributed by atoms with Gasteiger partial charge in [-0.05, 0) is 61.6 Å². The van der Waals surface area contributed by atoms with E-state index in [1.807, 2.05) is 60.7 Å². The van der Waals surface area contributed by atoms with Crippen LogP contribution >= 0.6 is 35.4 Å². The third-order valence-corrected chi connectivity index (χ3v) is 4.84. The predicted molar refractivity (Wildman–Crippen MR) is 122 cm³/mol. The molecule has 1 amide bonds. The molecule has 0 fully saturated rings. The fourth-order valence-electron chi connectivity index (χ4n) is 2.62. The first-order valence-corrected chi connectivity index (χ1v) is 9.99. The van der Waals surface area contributed by atoms with Crippen LogP contribution in [0.3, 0.4) is 0 Å². The van der Waals surface area contributed by atoms with Crippen molar-refractivity contribution in [3.05, 3.63) is 88.9 Å². The number of carbonyl (C=O) groups is 1. The van der Waals surface area contributed by atoms with Crippen molar-refractivity contribution in [3.8, 4) is 5.75 Å². The third-order valence-electron chi connectivity index (χ3n) is 4.03. The van der Waals surface area contributed by atoms with Gasteiger partial charge in [0.25, 0.3) is 5.91 Å². The minimum absolute atomic E-state index is 0.241. The minimum Gasteiger partial charge on any atom is -0.479 e. The molecule has 29 heavy (non-hydrogen) atoms. The zero-order chi connectivity index (χ0) is 20.8. The highest BCUT2D eigenvalue weighted by Crippen LogP contribution is 2.28. The summed E-state index contributed by atoms with van der Waals surface area (Å²) in [5.74, 6) is -0.0227. The van der Waals surface area contributed by atoms with Crippen LogP contribution in [-0.4, -0.2) is 17.1 Å². The number of amides is 1. The Hall–Kier alpha value is -2.60. The van der Waals surface area contributed by atoms with Crippen molar-refractivity contribution >= 4 is 57.8 Å². The lowest BCUT2D eigenvalue weighted by Gasteiger charge is -2.26. The van der Waals surface area contributed by atoms with E-state index in [2.05, 4.69) is 5.32 Å². The molecule has 0 aliphatic heterocycles. The van der Waals surface area contributed by atoms with E-state index in [0.717, 1.165) is 11.4 Å². The maximum absolute atomic E-state index is 12.7. The molecular formula is C22H18Cl2N2O2S. The molecule has 3 aromatic carbocycles. The number of hydrogen-bond acceptors (Lipinski definition) is 3. The van der Waals surface area contributed by atoms with Crippen LogP contribution < -0.4 is 15.0 Å². The van der Waals surface area contributed by atoms with Gasteiger partial charge >= 0.3 is 0 Å². The van der Waals surface area contributed by atoms with Crippen molar-refractivity contribution in [1.29, 1.82) is 0 Å². The summed E-state index contributed by atoms with van der Waals surface area (Å²) in [7, 11) is 0. The van der Waals surface area contributed by atoms with Crippen molar-refractivity contribution in [2.24, 2.45) is 0 Å². The molecule has 0 aliphatic carbocycles. The second-order valence-electron chi connectivity index (χ2n) is 6.14. The summed E-state index contributed by atoms with van der Waals surface area (Å²) in [6.45, 7) is 1.62. The Morgan fingerprint density at radius 1 is 0.966 bits per heavy atom. The van der Waals surface area contributed by atoms with E-state index in [9.17, 15) is 4.79 Å². The lowest BCUT2D eigenvalue weighted by atomic mass is 10.2. The molecule has 0 spiro atoms. The summed E-state index contributed by atoms with van der Waals surface area (Å²) in [5.41, 5.74) is 1.66. The Balaban J connectivity index is 1.76. The SMILES string of the molecule is CC(Oc1ccc(Cl)cc1Cl)C(=O)NC(=S)N(c1ccccc1)c1ccccc1. The molecule has 0 aromatic heterocycles. The summed E-state index contributed by atoms with van der Waals surface area (Å²) in [6.07, 6.45) is -0.819. The van der Waals surface area contributed by atoms with Gasteiger partial charge in [-0.15, -0.1) is 0 Å². The molecule has 1 atom stereocenters. The maximum atomic E-state index is 12.7. The first kappa shape index (κ1) is 21.1. The number of para-hydroxylation sites is 2. The Bertz CT molecular complexity index is 961. The van der Waals surface area contributed by atoms with Gasteiger partial charge in [-0.3, -0.25) is 15.0 Å². The topological polar surface area (TPSA) is 41.6 Å². The molecule has 0 radical (unpaired) electrons. The number of carbonyl (C=O) groups excluding carboxylic acids is 1. The number of ether oxygens (including phenoxy) is 1. The van der Waals surface area contributed by atoms with E-state index in [4.69, 9.17) is 40.2 Å². The average Bonchev–Trinajstić information content (AvgIpc) is 2.71. The second-order valence-corrected chi connectivity index (χ2v) is 7.37. The van der Waals surface area contributed by atoms with E-state index in [1.165, 1.54) is 0 Å². The van der Waals surface area contributed by atoms with Crippen LogP contribution in [0.5, 0.6) is 5.75 Å². The summed E-state index contributed by atoms with van der Waals surface area (Å²) in [4.78, 5) is 14.5. The first-order valence-electron chi connectivity index (χ1n) is 8.82. The summed E-state index contributed by atoms with van der Waals surface area (Å²) in [5, 5.41) is 3.81. The molecule has 0 aliphatic rings. The standard InChI is InChI=1S/C22H18Cl2N2O2S/c1-15(28-20-13-12-16(23)14-19(20)24)21(27)25-22(29)26(17-8-4-2-5-9-17)18-10-6-3-7-11-18/h2-15H,1H3,(H,25,27,29). The van der Waals surface area contributed by atoms with Crippen LogP contribution in [0.25, 0.3) is 0 Å². The molecule has 0 bridgehead atoms. The van der Waals surface area contributed by atoms with Gasteiger partial charge < -0.3 is 4.74 Å². The van der Waals surface area contributed by atoms with Crippen molar-refractivity contribution in [2.45, 2.75) is 13.0 Å². The lowest BCUT2D eigenvalue weighted by molar-refractivity contribution is -0.125. The van der Waals surface area contributed by atoms with E-state index in [-0.39, 0.29) is 5.11 Å². The van der Waals surface area contributed by atoms with E-state index in [0.29, 0.717) is 15.8 Å². The third kappa shape index (κ3) is 5.48. The zero-order valence-corrected chi connectivity index (χ0v) is 17.8. The van der Waals surface area contributed by atoms with Gasteiger partial charge in [-0.25, -0.2) is 0 Å². The highest BCUT2D eigenvalue weighted by atomic mass is 35.5. The molecule has 7 heteroatoms. The quantitative estimate of drug-likeness (QED) is 0.489. The molecule has 0 heterocycles. The van der Waals surface area contributed by atoms with Gasteiger partial charge in [0.15, 0.2) is 11.2 Å². The van der Waals surface area contributed by atoms with Gasteiger partial charge in [0.2, 0.25) is 0 Å². The number of hydrogen-bond donors (Lipinski definition) is 1. The molecule has 4 nitrogen and oxygen atoms in total. The zero-order valence-electron chi connectivity index (χ0n) is 15.5. The average molecular weight is 445 g/mol. The maximum Gasteiger partial charge on any atom is 0.266 e. The fourth-order valence-corrected chi connectivity index (χ4v) is 3.38. The Kier molecular flexibility index (Phi) is 7.09. The summed E-state index contributed by atoms with van der Waals surface area (Å²) in [6, 6.07) is 23.9. The van der Waals surface area contributed by atoms with E-state index >= 15 is 0 Å². The van der Waals surface area contributed by atoms with Crippen LogP contribution in [0.4, 0.5) is 11.4 Å². The highest BCUT2D eigenvalue weighted by Gasteiger charge is 2.21. The number of thiocarbonyl (C=S) groups is 1. The molecule has 3 rings (SSSR count). The van der Waals surface area contributed by atoms with Crippen molar-refractivity contribution in [2.75, 3.05) is 4.90 Å². The van der Waals surface area contributed by atoms with Crippen molar-refractivity contribution in [1.82, 2.24) is 5.32 Å². The van der Waals surface area contributed by atoms with Crippen LogP contribution in [-0.2, 0) is 4.79 Å². The molecule has 1 N–H and O–H groups in total. The summed E-state index contributed by atoms with van der Waals surface area (Å²) >= 11 is 17.6. The summed E-state index contributed by atoms with van der Waals surface area (Å²) < 4.78 is 5.67. The minimum atomic E-state index is -0.819. The van der Waals surface area contributed by atoms with Crippen molar-refractivity contribution < 1.29 is 9.53 Å². The first-order chi connectivity index (χ1) is 14.0. The van der Waals surface area contributed by atoms with Crippen LogP contribution in [0.1, 0.15) is 6.92 Å². The van der Waals surface area contributed by atoms with Gasteiger partial charge in [0.05, 0.1) is 5.02 Å². The van der Waals surface area contributed by atoms with Crippen molar-refractivity contribution in [3.63, 3.8) is 0 Å². The number of anilines is 2. The van der Waals surface area contributed by atoms with E-state index < -0.39 is 12.0 Å². The molecular weight excluding hydrogens is 427 g/mol. The molecule has 0 saturated carbocycles. The Morgan fingerprint density at radius 3 is 2.03 bits per heavy atom. The number of benzene rings is 3. The smallest absolute Gasteiger partial charge is 0.266 e. The van der Waals surface area contributed by atoms with Crippen LogP contribution in [0, 0.1) is 0 Å². The molecule has 3 aromatic rings.